The average molecular weight is 304 g/mol. The zero-order valence-electron chi connectivity index (χ0n) is 11.5. The van der Waals surface area contributed by atoms with E-state index in [0.29, 0.717) is 13.1 Å². The number of aromatic amines is 1. The summed E-state index contributed by atoms with van der Waals surface area (Å²) in [6.45, 7) is 1.23. The Bertz CT molecular complexity index is 774. The average Bonchev–Trinajstić information content (AvgIpc) is 3.16. The van der Waals surface area contributed by atoms with Crippen molar-refractivity contribution in [3.8, 4) is 11.4 Å². The van der Waals surface area contributed by atoms with E-state index in [0.717, 1.165) is 25.0 Å². The molecule has 1 aromatic carbocycles. The molecule has 0 bridgehead atoms. The Balaban J connectivity index is 2.01. The SMILES string of the molecule is N#[N+]c1nc(-c2ccc(F)cc2F)[nH]c1C(=O)N1CCCC1. The smallest absolute Gasteiger partial charge is 0.337 e. The molecule has 1 fully saturated rings. The van der Waals surface area contributed by atoms with Crippen LogP contribution in [0.1, 0.15) is 23.3 Å². The molecule has 1 saturated heterocycles. The summed E-state index contributed by atoms with van der Waals surface area (Å²) in [5.74, 6) is -2.10. The van der Waals surface area contributed by atoms with E-state index in [4.69, 9.17) is 5.39 Å². The van der Waals surface area contributed by atoms with Crippen molar-refractivity contribution in [3.63, 3.8) is 0 Å². The van der Waals surface area contributed by atoms with Crippen LogP contribution in [0.2, 0.25) is 0 Å². The van der Waals surface area contributed by atoms with Crippen molar-refractivity contribution in [2.75, 3.05) is 13.1 Å². The second-order valence-corrected chi connectivity index (χ2v) is 5.01. The normalized spacial score (nSPS) is 14.1. The highest BCUT2D eigenvalue weighted by Crippen LogP contribution is 2.27. The van der Waals surface area contributed by atoms with Crippen molar-refractivity contribution in [3.05, 3.63) is 40.5 Å². The topological polar surface area (TPSA) is 77.1 Å². The van der Waals surface area contributed by atoms with Gasteiger partial charge in [-0.2, -0.15) is 0 Å². The molecule has 2 aromatic rings. The van der Waals surface area contributed by atoms with E-state index < -0.39 is 11.6 Å². The van der Waals surface area contributed by atoms with Crippen LogP contribution in [0.15, 0.2) is 18.2 Å². The molecule has 1 amide bonds. The van der Waals surface area contributed by atoms with Crippen LogP contribution >= 0.6 is 0 Å². The highest BCUT2D eigenvalue weighted by Gasteiger charge is 2.33. The lowest BCUT2D eigenvalue weighted by Crippen LogP contribution is -2.27. The summed E-state index contributed by atoms with van der Waals surface area (Å²) >= 11 is 0. The third-order valence-electron chi connectivity index (χ3n) is 3.57. The van der Waals surface area contributed by atoms with Gasteiger partial charge in [-0.1, -0.05) is 0 Å². The number of hydrogen-bond acceptors (Lipinski definition) is 3. The predicted octanol–water partition coefficient (Wildman–Crippen LogP) is 3.08. The van der Waals surface area contributed by atoms with Gasteiger partial charge in [-0.15, -0.1) is 0 Å². The van der Waals surface area contributed by atoms with E-state index in [-0.39, 0.29) is 28.8 Å². The zero-order chi connectivity index (χ0) is 15.7. The number of H-pyrrole nitrogens is 1. The minimum Gasteiger partial charge on any atom is -0.337 e. The molecule has 0 atom stereocenters. The maximum Gasteiger partial charge on any atom is 0.496 e. The number of nitrogens with zero attached hydrogens (tertiary/aromatic N) is 4. The zero-order valence-corrected chi connectivity index (χ0v) is 11.5. The Kier molecular flexibility index (Phi) is 3.55. The van der Waals surface area contributed by atoms with Crippen LogP contribution in [-0.2, 0) is 0 Å². The van der Waals surface area contributed by atoms with Gasteiger partial charge in [0, 0.05) is 24.1 Å². The molecule has 0 saturated carbocycles. The van der Waals surface area contributed by atoms with Crippen LogP contribution in [0, 0.1) is 17.0 Å². The number of amides is 1. The lowest BCUT2D eigenvalue weighted by atomic mass is 10.2. The Morgan fingerprint density at radius 1 is 1.32 bits per heavy atom. The minimum atomic E-state index is -0.821. The molecule has 1 aliphatic rings. The standard InChI is InChI=1S/C14H11F2N5O/c15-8-3-4-9(10(16)7-8)12-18-11(13(19-12)20-17)14(22)21-5-1-2-6-21/h3-4,7H,1-2,5-6H2/p+1. The van der Waals surface area contributed by atoms with Crippen molar-refractivity contribution in [2.24, 2.45) is 0 Å². The first-order chi connectivity index (χ1) is 10.6. The molecule has 0 radical (unpaired) electrons. The first-order valence-electron chi connectivity index (χ1n) is 6.80. The fourth-order valence-corrected chi connectivity index (χ4v) is 2.47. The maximum absolute atomic E-state index is 13.8. The summed E-state index contributed by atoms with van der Waals surface area (Å²) in [6, 6.07) is 3.00. The van der Waals surface area contributed by atoms with Gasteiger partial charge in [0.25, 0.3) is 11.7 Å². The number of carbonyl (C=O) groups excluding carboxylic acids is 1. The number of benzene rings is 1. The number of hydrogen-bond donors (Lipinski definition) is 1. The van der Waals surface area contributed by atoms with Crippen LogP contribution in [0.4, 0.5) is 14.6 Å². The van der Waals surface area contributed by atoms with Crippen molar-refractivity contribution < 1.29 is 13.6 Å². The van der Waals surface area contributed by atoms with Crippen LogP contribution in [0.5, 0.6) is 0 Å². The molecular formula is C14H12F2N5O+. The van der Waals surface area contributed by atoms with Crippen LogP contribution in [0.3, 0.4) is 0 Å². The number of halogens is 2. The molecule has 0 spiro atoms. The number of nitrogens with one attached hydrogen (secondary N) is 1. The fraction of sp³-hybridized carbons (Fsp3) is 0.286. The summed E-state index contributed by atoms with van der Waals surface area (Å²) in [7, 11) is 0. The molecule has 1 aromatic heterocycles. The van der Waals surface area contributed by atoms with Gasteiger partial charge in [0.2, 0.25) is 5.69 Å². The largest absolute Gasteiger partial charge is 0.496 e. The quantitative estimate of drug-likeness (QED) is 0.866. The minimum absolute atomic E-state index is 0.00727. The molecule has 112 valence electrons. The fourth-order valence-electron chi connectivity index (χ4n) is 2.47. The molecule has 0 aliphatic carbocycles. The molecule has 6 nitrogen and oxygen atoms in total. The highest BCUT2D eigenvalue weighted by molar-refractivity contribution is 5.98. The molecular weight excluding hydrogens is 292 g/mol. The number of likely N-dealkylation sites (tertiary alicyclic amines) is 1. The predicted molar refractivity (Wildman–Crippen MR) is 73.8 cm³/mol. The summed E-state index contributed by atoms with van der Waals surface area (Å²) in [6.07, 6.45) is 1.82. The Morgan fingerprint density at radius 3 is 2.68 bits per heavy atom. The summed E-state index contributed by atoms with van der Waals surface area (Å²) in [5.41, 5.74) is -0.0186. The Labute approximate surface area is 124 Å². The van der Waals surface area contributed by atoms with Crippen molar-refractivity contribution in [2.45, 2.75) is 12.8 Å². The molecule has 22 heavy (non-hydrogen) atoms. The number of diazo groups is 1. The first-order valence-corrected chi connectivity index (χ1v) is 6.80. The van der Waals surface area contributed by atoms with E-state index in [1.54, 1.807) is 4.90 Å². The van der Waals surface area contributed by atoms with Gasteiger partial charge in [-0.05, 0) is 30.0 Å². The summed E-state index contributed by atoms with van der Waals surface area (Å²) < 4.78 is 26.8. The van der Waals surface area contributed by atoms with Gasteiger partial charge < -0.3 is 9.88 Å². The number of rotatable bonds is 2. The second-order valence-electron chi connectivity index (χ2n) is 5.01. The second kappa shape index (κ2) is 5.52. The molecule has 1 N–H and O–H groups in total. The maximum atomic E-state index is 13.8. The Morgan fingerprint density at radius 2 is 2.05 bits per heavy atom. The van der Waals surface area contributed by atoms with Crippen LogP contribution < -0.4 is 0 Å². The third kappa shape index (κ3) is 2.41. The molecule has 3 rings (SSSR count). The molecule has 0 unspecified atom stereocenters. The van der Waals surface area contributed by atoms with Crippen LogP contribution in [0.25, 0.3) is 16.4 Å². The van der Waals surface area contributed by atoms with Gasteiger partial charge in [0.05, 0.1) is 11.0 Å². The van der Waals surface area contributed by atoms with Gasteiger partial charge in [0.1, 0.15) is 11.6 Å². The number of carbonyl (C=O) groups is 1. The monoisotopic (exact) mass is 304 g/mol. The third-order valence-corrected chi connectivity index (χ3v) is 3.57. The van der Waals surface area contributed by atoms with E-state index in [1.165, 1.54) is 6.07 Å². The van der Waals surface area contributed by atoms with Gasteiger partial charge >= 0.3 is 5.82 Å². The van der Waals surface area contributed by atoms with Crippen molar-refractivity contribution in [1.82, 2.24) is 14.9 Å². The van der Waals surface area contributed by atoms with Crippen molar-refractivity contribution >= 4 is 11.7 Å². The van der Waals surface area contributed by atoms with E-state index in [2.05, 4.69) is 14.9 Å². The highest BCUT2D eigenvalue weighted by atomic mass is 19.1. The molecule has 1 aliphatic heterocycles. The van der Waals surface area contributed by atoms with Crippen LogP contribution in [-0.4, -0.2) is 33.9 Å². The Hall–Kier alpha value is -2.82. The first kappa shape index (κ1) is 14.1. The van der Waals surface area contributed by atoms with E-state index in [1.807, 2.05) is 0 Å². The molecule has 2 heterocycles. The summed E-state index contributed by atoms with van der Waals surface area (Å²) in [5, 5.41) is 9.00. The number of aromatic nitrogens is 2. The van der Waals surface area contributed by atoms with E-state index in [9.17, 15) is 13.6 Å². The molecule has 8 heteroatoms. The van der Waals surface area contributed by atoms with E-state index >= 15 is 0 Å². The lowest BCUT2D eigenvalue weighted by molar-refractivity contribution is 0.0789. The summed E-state index contributed by atoms with van der Waals surface area (Å²) in [4.78, 5) is 23.5. The van der Waals surface area contributed by atoms with Gasteiger partial charge in [0.15, 0.2) is 0 Å². The lowest BCUT2D eigenvalue weighted by Gasteiger charge is -2.12. The van der Waals surface area contributed by atoms with Gasteiger partial charge in [-0.25, -0.2) is 8.78 Å². The van der Waals surface area contributed by atoms with Gasteiger partial charge in [-0.3, -0.25) is 4.79 Å². The van der Waals surface area contributed by atoms with Crippen molar-refractivity contribution in [1.29, 1.82) is 5.39 Å². The number of imidazole rings is 1.